The Hall–Kier alpha value is -1.85. The number of H-pyrrole nitrogens is 1. The third-order valence-electron chi connectivity index (χ3n) is 4.24. The molecule has 0 bridgehead atoms. The number of pyridine rings is 1. The first-order chi connectivity index (χ1) is 10.1. The summed E-state index contributed by atoms with van der Waals surface area (Å²) in [5.41, 5.74) is 5.83. The van der Waals surface area contributed by atoms with Crippen LogP contribution < -0.4 is 11.3 Å². The lowest BCUT2D eigenvalue weighted by molar-refractivity contribution is 0.0737. The topological polar surface area (TPSA) is 79.2 Å². The number of nitrogens with two attached hydrogens (primary N) is 1. The van der Waals surface area contributed by atoms with Crippen molar-refractivity contribution in [3.63, 3.8) is 0 Å². The Kier molecular flexibility index (Phi) is 4.88. The highest BCUT2D eigenvalue weighted by molar-refractivity contribution is 5.96. The lowest BCUT2D eigenvalue weighted by atomic mass is 10.1. The summed E-state index contributed by atoms with van der Waals surface area (Å²) in [5.74, 6) is 0.220. The molecule has 2 unspecified atom stereocenters. The number of aromatic nitrogens is 1. The monoisotopic (exact) mass is 321 g/mol. The molecule has 2 aromatic rings. The number of benzene rings is 1. The number of hydrogen-bond donors (Lipinski definition) is 2. The molecule has 1 aromatic heterocycles. The summed E-state index contributed by atoms with van der Waals surface area (Å²) >= 11 is 0. The first kappa shape index (κ1) is 16.5. The van der Waals surface area contributed by atoms with Gasteiger partial charge in [0.15, 0.2) is 0 Å². The van der Waals surface area contributed by atoms with E-state index >= 15 is 0 Å². The fourth-order valence-electron chi connectivity index (χ4n) is 3.08. The van der Waals surface area contributed by atoms with Gasteiger partial charge in [-0.05, 0) is 43.3 Å². The largest absolute Gasteiger partial charge is 0.334 e. The molecule has 3 N–H and O–H groups in total. The van der Waals surface area contributed by atoms with Crippen LogP contribution in [0.2, 0.25) is 0 Å². The number of fused-ring (bicyclic) bond motifs is 1. The van der Waals surface area contributed by atoms with Crippen molar-refractivity contribution in [2.75, 3.05) is 13.1 Å². The molecular formula is C16H20ClN3O2. The van der Waals surface area contributed by atoms with Crippen molar-refractivity contribution in [1.29, 1.82) is 0 Å². The molecule has 22 heavy (non-hydrogen) atoms. The molecule has 2 heterocycles. The van der Waals surface area contributed by atoms with Crippen LogP contribution in [-0.2, 0) is 0 Å². The number of hydrogen-bond acceptors (Lipinski definition) is 3. The number of halogens is 1. The third-order valence-corrected chi connectivity index (χ3v) is 4.24. The Morgan fingerprint density at radius 2 is 2.14 bits per heavy atom. The summed E-state index contributed by atoms with van der Waals surface area (Å²) in [5, 5.41) is 1.38. The zero-order chi connectivity index (χ0) is 15.0. The minimum Gasteiger partial charge on any atom is -0.334 e. The molecule has 118 valence electrons. The van der Waals surface area contributed by atoms with Crippen LogP contribution in [0.5, 0.6) is 0 Å². The van der Waals surface area contributed by atoms with Gasteiger partial charge < -0.3 is 15.6 Å². The number of amides is 1. The number of nitrogens with one attached hydrogen (secondary N) is 1. The second-order valence-electron chi connectivity index (χ2n) is 5.74. The average Bonchev–Trinajstić information content (AvgIpc) is 2.87. The van der Waals surface area contributed by atoms with E-state index in [4.69, 9.17) is 5.73 Å². The molecule has 0 aliphatic carbocycles. The van der Waals surface area contributed by atoms with Gasteiger partial charge in [-0.15, -0.1) is 12.4 Å². The minimum absolute atomic E-state index is 0. The molecule has 2 atom stereocenters. The second-order valence-corrected chi connectivity index (χ2v) is 5.74. The van der Waals surface area contributed by atoms with Crippen LogP contribution >= 0.6 is 12.4 Å². The van der Waals surface area contributed by atoms with E-state index < -0.39 is 0 Å². The molecule has 1 fully saturated rings. The van der Waals surface area contributed by atoms with Gasteiger partial charge in [-0.25, -0.2) is 0 Å². The maximum atomic E-state index is 12.6. The van der Waals surface area contributed by atoms with Crippen LogP contribution in [0.1, 0.15) is 23.8 Å². The first-order valence-electron chi connectivity index (χ1n) is 7.23. The number of carbonyl (C=O) groups is 1. The van der Waals surface area contributed by atoms with E-state index in [1.165, 1.54) is 0 Å². The quantitative estimate of drug-likeness (QED) is 0.884. The maximum Gasteiger partial charge on any atom is 0.270 e. The summed E-state index contributed by atoms with van der Waals surface area (Å²) in [6.07, 6.45) is 0.917. The number of rotatable bonds is 2. The van der Waals surface area contributed by atoms with E-state index in [0.29, 0.717) is 30.1 Å². The number of aromatic amines is 1. The zero-order valence-electron chi connectivity index (χ0n) is 12.4. The Balaban J connectivity index is 0.00000176. The normalized spacial score (nSPS) is 20.9. The average molecular weight is 322 g/mol. The molecule has 0 spiro atoms. The van der Waals surface area contributed by atoms with Crippen molar-refractivity contribution in [1.82, 2.24) is 9.88 Å². The summed E-state index contributed by atoms with van der Waals surface area (Å²) in [7, 11) is 0. The molecule has 0 radical (unpaired) electrons. The molecule has 3 rings (SSSR count). The van der Waals surface area contributed by atoms with Gasteiger partial charge >= 0.3 is 0 Å². The van der Waals surface area contributed by atoms with E-state index in [1.807, 2.05) is 25.1 Å². The van der Waals surface area contributed by atoms with Crippen LogP contribution in [-0.4, -0.2) is 34.9 Å². The summed E-state index contributed by atoms with van der Waals surface area (Å²) in [6.45, 7) is 3.26. The zero-order valence-corrected chi connectivity index (χ0v) is 13.2. The van der Waals surface area contributed by atoms with Gasteiger partial charge in [-0.2, -0.15) is 0 Å². The van der Waals surface area contributed by atoms with Crippen molar-refractivity contribution in [3.8, 4) is 0 Å². The van der Waals surface area contributed by atoms with E-state index in [-0.39, 0.29) is 29.9 Å². The van der Waals surface area contributed by atoms with Gasteiger partial charge in [0.2, 0.25) is 0 Å². The Bertz CT molecular complexity index is 743. The maximum absolute atomic E-state index is 12.6. The highest BCUT2D eigenvalue weighted by atomic mass is 35.5. The van der Waals surface area contributed by atoms with Crippen molar-refractivity contribution in [2.45, 2.75) is 19.4 Å². The molecule has 1 saturated heterocycles. The van der Waals surface area contributed by atoms with E-state index in [0.717, 1.165) is 11.8 Å². The van der Waals surface area contributed by atoms with Gasteiger partial charge in [-0.3, -0.25) is 9.59 Å². The fraction of sp³-hybridized carbons (Fsp3) is 0.375. The van der Waals surface area contributed by atoms with Crippen LogP contribution in [0.25, 0.3) is 10.8 Å². The molecule has 0 saturated carbocycles. The van der Waals surface area contributed by atoms with Gasteiger partial charge in [0.25, 0.3) is 11.5 Å². The SMILES string of the molecule is CC1CC(CN)CN1C(=O)c1cc2ccccc2c(=O)[nH]1.Cl. The highest BCUT2D eigenvalue weighted by Gasteiger charge is 2.32. The highest BCUT2D eigenvalue weighted by Crippen LogP contribution is 2.24. The van der Waals surface area contributed by atoms with E-state index in [9.17, 15) is 9.59 Å². The molecule has 1 amide bonds. The smallest absolute Gasteiger partial charge is 0.270 e. The van der Waals surface area contributed by atoms with E-state index in [2.05, 4.69) is 4.98 Å². The first-order valence-corrected chi connectivity index (χ1v) is 7.23. The second kappa shape index (κ2) is 6.50. The van der Waals surface area contributed by atoms with Gasteiger partial charge in [0.05, 0.1) is 0 Å². The number of nitrogens with zero attached hydrogens (tertiary/aromatic N) is 1. The van der Waals surface area contributed by atoms with Crippen LogP contribution in [0.4, 0.5) is 0 Å². The Morgan fingerprint density at radius 3 is 2.82 bits per heavy atom. The molecule has 6 heteroatoms. The molecule has 5 nitrogen and oxygen atoms in total. The molecule has 1 aliphatic rings. The van der Waals surface area contributed by atoms with Gasteiger partial charge in [0, 0.05) is 18.0 Å². The summed E-state index contributed by atoms with van der Waals surface area (Å²) in [6, 6.07) is 9.18. The Morgan fingerprint density at radius 1 is 1.41 bits per heavy atom. The lowest BCUT2D eigenvalue weighted by Gasteiger charge is -2.21. The summed E-state index contributed by atoms with van der Waals surface area (Å²) < 4.78 is 0. The molecular weight excluding hydrogens is 302 g/mol. The van der Waals surface area contributed by atoms with Gasteiger partial charge in [-0.1, -0.05) is 18.2 Å². The van der Waals surface area contributed by atoms with Crippen molar-refractivity contribution >= 4 is 29.1 Å². The summed E-state index contributed by atoms with van der Waals surface area (Å²) in [4.78, 5) is 29.2. The standard InChI is InChI=1S/C16H19N3O2.ClH/c1-10-6-11(8-17)9-19(10)16(21)14-7-12-4-2-3-5-13(12)15(20)18-14;/h2-5,7,10-11H,6,8-9,17H2,1H3,(H,18,20);1H. The van der Waals surface area contributed by atoms with Crippen molar-refractivity contribution in [2.24, 2.45) is 11.7 Å². The molecule has 1 aromatic carbocycles. The van der Waals surface area contributed by atoms with Crippen LogP contribution in [0.3, 0.4) is 0 Å². The Labute approximate surface area is 134 Å². The van der Waals surface area contributed by atoms with Crippen LogP contribution in [0.15, 0.2) is 35.1 Å². The van der Waals surface area contributed by atoms with Crippen LogP contribution in [0, 0.1) is 5.92 Å². The number of likely N-dealkylation sites (tertiary alicyclic amines) is 1. The predicted octanol–water partition coefficient (Wildman–Crippen LogP) is 1.76. The van der Waals surface area contributed by atoms with Crippen molar-refractivity contribution in [3.05, 3.63) is 46.4 Å². The molecule has 1 aliphatic heterocycles. The predicted molar refractivity (Wildman–Crippen MR) is 89.5 cm³/mol. The minimum atomic E-state index is -0.223. The lowest BCUT2D eigenvalue weighted by Crippen LogP contribution is -2.35. The van der Waals surface area contributed by atoms with Crippen molar-refractivity contribution < 1.29 is 4.79 Å². The van der Waals surface area contributed by atoms with Gasteiger partial charge in [0.1, 0.15) is 5.69 Å². The van der Waals surface area contributed by atoms with E-state index in [1.54, 1.807) is 17.0 Å². The number of carbonyl (C=O) groups excluding carboxylic acids is 1. The fourth-order valence-corrected chi connectivity index (χ4v) is 3.08. The third kappa shape index (κ3) is 2.87.